The topological polar surface area (TPSA) is 78.9 Å². The highest BCUT2D eigenvalue weighted by atomic mass is 19.4. The smallest absolute Gasteiger partial charge is 0.416 e. The molecule has 0 atom stereocenters. The van der Waals surface area contributed by atoms with Crippen molar-refractivity contribution in [3.8, 4) is 17.1 Å². The summed E-state index contributed by atoms with van der Waals surface area (Å²) < 4.78 is 81.3. The number of aromatic nitrogens is 2. The van der Waals surface area contributed by atoms with Gasteiger partial charge in [-0.25, -0.2) is 4.98 Å². The van der Waals surface area contributed by atoms with Crippen molar-refractivity contribution in [1.29, 1.82) is 0 Å². The van der Waals surface area contributed by atoms with E-state index in [1.54, 1.807) is 13.8 Å². The van der Waals surface area contributed by atoms with E-state index in [9.17, 15) is 35.9 Å². The lowest BCUT2D eigenvalue weighted by atomic mass is 10.0. The molecule has 3 rings (SSSR count). The van der Waals surface area contributed by atoms with E-state index >= 15 is 0 Å². The van der Waals surface area contributed by atoms with Crippen LogP contribution in [0.2, 0.25) is 0 Å². The van der Waals surface area contributed by atoms with Gasteiger partial charge in [0.1, 0.15) is 0 Å². The number of carbonyl (C=O) groups excluding carboxylic acids is 2. The van der Waals surface area contributed by atoms with Crippen LogP contribution in [0.1, 0.15) is 61.9 Å². The maximum absolute atomic E-state index is 12.6. The van der Waals surface area contributed by atoms with Crippen LogP contribution in [0.4, 0.5) is 32.3 Å². The Labute approximate surface area is 277 Å². The molecule has 0 saturated carbocycles. The minimum absolute atomic E-state index is 0.0562. The van der Waals surface area contributed by atoms with Gasteiger partial charge in [-0.3, -0.25) is 9.59 Å². The van der Waals surface area contributed by atoms with Crippen LogP contribution in [0.25, 0.3) is 11.3 Å². The lowest BCUT2D eigenvalue weighted by molar-refractivity contribution is -0.143. The maximum Gasteiger partial charge on any atom is 0.416 e. The molecular formula is C34H43F6N5O3. The van der Waals surface area contributed by atoms with Gasteiger partial charge in [-0.2, -0.15) is 31.3 Å². The van der Waals surface area contributed by atoms with Crippen LogP contribution in [0.3, 0.4) is 0 Å². The van der Waals surface area contributed by atoms with E-state index in [1.807, 2.05) is 42.8 Å². The number of benzene rings is 2. The molecule has 0 spiro atoms. The summed E-state index contributed by atoms with van der Waals surface area (Å²) in [5.74, 6) is 1.30. The van der Waals surface area contributed by atoms with Crippen LogP contribution in [0, 0.1) is 13.8 Å². The molecule has 264 valence electrons. The predicted octanol–water partition coefficient (Wildman–Crippen LogP) is 7.56. The third kappa shape index (κ3) is 11.4. The first-order chi connectivity index (χ1) is 22.5. The fourth-order valence-electron chi connectivity index (χ4n) is 4.67. The quantitative estimate of drug-likeness (QED) is 0.137. The largest absolute Gasteiger partial charge is 0.478 e. The zero-order valence-electron chi connectivity index (χ0n) is 28.3. The Morgan fingerprint density at radius 1 is 0.896 bits per heavy atom. The number of ether oxygens (including phenoxy) is 1. The van der Waals surface area contributed by atoms with E-state index < -0.39 is 23.5 Å². The van der Waals surface area contributed by atoms with Gasteiger partial charge in [0.05, 0.1) is 23.4 Å². The summed E-state index contributed by atoms with van der Waals surface area (Å²) in [6, 6.07) is 9.47. The fraction of sp³-hybridized carbons (Fsp3) is 0.471. The summed E-state index contributed by atoms with van der Waals surface area (Å²) in [6.07, 6.45) is -8.45. The van der Waals surface area contributed by atoms with E-state index in [1.165, 1.54) is 0 Å². The Bertz CT molecular complexity index is 1480. The number of alkyl halides is 6. The maximum atomic E-state index is 12.6. The number of anilines is 1. The fourth-order valence-corrected chi connectivity index (χ4v) is 4.67. The molecule has 0 aliphatic carbocycles. The Balaban J connectivity index is 0.000000353. The normalized spacial score (nSPS) is 11.4. The van der Waals surface area contributed by atoms with Gasteiger partial charge in [0, 0.05) is 57.8 Å². The Morgan fingerprint density at radius 2 is 1.50 bits per heavy atom. The van der Waals surface area contributed by atoms with Gasteiger partial charge in [-0.1, -0.05) is 31.2 Å². The van der Waals surface area contributed by atoms with Crippen LogP contribution in [0.5, 0.6) is 5.88 Å². The number of hydrogen-bond acceptors (Lipinski definition) is 6. The number of nitrogens with zero attached hydrogens (tertiary/aromatic N) is 5. The molecule has 1 heterocycles. The van der Waals surface area contributed by atoms with Crippen LogP contribution in [-0.2, 0) is 28.5 Å². The molecule has 2 aromatic carbocycles. The first-order valence-electron chi connectivity index (χ1n) is 15.5. The molecule has 48 heavy (non-hydrogen) atoms. The third-order valence-electron chi connectivity index (χ3n) is 7.34. The highest BCUT2D eigenvalue weighted by Gasteiger charge is 2.37. The zero-order chi connectivity index (χ0) is 36.2. The second-order valence-electron chi connectivity index (χ2n) is 11.1. The molecule has 2 amide bonds. The van der Waals surface area contributed by atoms with Gasteiger partial charge in [-0.15, -0.1) is 0 Å². The minimum Gasteiger partial charge on any atom is -0.478 e. The second kappa shape index (κ2) is 17.7. The van der Waals surface area contributed by atoms with Crippen LogP contribution in [-0.4, -0.2) is 71.9 Å². The van der Waals surface area contributed by atoms with Crippen molar-refractivity contribution < 1.29 is 40.7 Å². The summed E-state index contributed by atoms with van der Waals surface area (Å²) in [5, 5.41) is 0. The van der Waals surface area contributed by atoms with E-state index in [0.29, 0.717) is 50.1 Å². The monoisotopic (exact) mass is 683 g/mol. The summed E-state index contributed by atoms with van der Waals surface area (Å²) in [7, 11) is 1.95. The molecule has 0 aliphatic rings. The van der Waals surface area contributed by atoms with E-state index in [0.717, 1.165) is 40.2 Å². The SMILES string of the molecule is CCCN(CCN(C)c1nc(OCC)c(C)c(-c2ccccc2C)n1)C(C)=O.CCN(C=O)Cc1cc(C(F)(F)F)cc(C(F)(F)F)c1. The van der Waals surface area contributed by atoms with E-state index in [-0.39, 0.29) is 30.6 Å². The van der Waals surface area contributed by atoms with Crippen molar-refractivity contribution in [2.45, 2.75) is 66.9 Å². The zero-order valence-corrected chi connectivity index (χ0v) is 28.3. The van der Waals surface area contributed by atoms with Crippen LogP contribution >= 0.6 is 0 Å². The number of halogens is 6. The van der Waals surface area contributed by atoms with Crippen molar-refractivity contribution in [3.63, 3.8) is 0 Å². The number of aryl methyl sites for hydroxylation is 1. The first kappa shape index (κ1) is 39.8. The predicted molar refractivity (Wildman–Crippen MR) is 173 cm³/mol. The highest BCUT2D eigenvalue weighted by Crippen LogP contribution is 2.36. The average molecular weight is 684 g/mol. The molecular weight excluding hydrogens is 640 g/mol. The summed E-state index contributed by atoms with van der Waals surface area (Å²) >= 11 is 0. The third-order valence-corrected chi connectivity index (χ3v) is 7.34. The lowest BCUT2D eigenvalue weighted by Gasteiger charge is -2.25. The summed E-state index contributed by atoms with van der Waals surface area (Å²) in [6.45, 7) is 13.7. The van der Waals surface area contributed by atoms with Crippen molar-refractivity contribution in [2.24, 2.45) is 0 Å². The first-order valence-corrected chi connectivity index (χ1v) is 15.5. The molecule has 0 N–H and O–H groups in total. The number of hydrogen-bond donors (Lipinski definition) is 0. The molecule has 0 radical (unpaired) electrons. The van der Waals surface area contributed by atoms with Crippen molar-refractivity contribution in [2.75, 3.05) is 44.7 Å². The Kier molecular flexibility index (Phi) is 14.7. The highest BCUT2D eigenvalue weighted by molar-refractivity contribution is 5.73. The number of likely N-dealkylation sites (N-methyl/N-ethyl adjacent to an activating group) is 1. The summed E-state index contributed by atoms with van der Waals surface area (Å²) in [4.78, 5) is 36.8. The van der Waals surface area contributed by atoms with Gasteiger partial charge >= 0.3 is 12.4 Å². The lowest BCUT2D eigenvalue weighted by Crippen LogP contribution is -2.37. The number of carbonyl (C=O) groups is 2. The molecule has 1 aromatic heterocycles. The average Bonchev–Trinajstić information content (AvgIpc) is 3.02. The van der Waals surface area contributed by atoms with Gasteiger partial charge < -0.3 is 19.4 Å². The van der Waals surface area contributed by atoms with Gasteiger partial charge in [0.15, 0.2) is 0 Å². The second-order valence-corrected chi connectivity index (χ2v) is 11.1. The molecule has 0 unspecified atom stereocenters. The number of rotatable bonds is 13. The van der Waals surface area contributed by atoms with Crippen molar-refractivity contribution in [1.82, 2.24) is 19.8 Å². The van der Waals surface area contributed by atoms with E-state index in [4.69, 9.17) is 9.72 Å². The molecule has 14 heteroatoms. The Hall–Kier alpha value is -4.36. The number of amides is 2. The van der Waals surface area contributed by atoms with Crippen molar-refractivity contribution >= 4 is 18.3 Å². The standard InChI is InChI=1S/C22H32N4O2.C12H11F6NO/c1-7-13-26(18(5)27)15-14-25(6)22-23-20(17(4)21(24-22)28-8-2)19-12-10-9-11-16(19)3;1-2-19(7-20)6-8-3-9(11(13,14)15)5-10(4-8)12(16,17)18/h9-12H,7-8,13-15H2,1-6H3;3-5,7H,2,6H2,1H3. The van der Waals surface area contributed by atoms with E-state index in [2.05, 4.69) is 31.0 Å². The van der Waals surface area contributed by atoms with Crippen molar-refractivity contribution in [3.05, 3.63) is 70.3 Å². The Morgan fingerprint density at radius 3 is 1.98 bits per heavy atom. The van der Waals surface area contributed by atoms with Crippen LogP contribution < -0.4 is 9.64 Å². The molecule has 3 aromatic rings. The van der Waals surface area contributed by atoms with Crippen LogP contribution in [0.15, 0.2) is 42.5 Å². The molecule has 0 saturated heterocycles. The molecule has 0 bridgehead atoms. The molecule has 0 aliphatic heterocycles. The van der Waals surface area contributed by atoms with Gasteiger partial charge in [0.25, 0.3) is 0 Å². The van der Waals surface area contributed by atoms with Gasteiger partial charge in [0.2, 0.25) is 24.1 Å². The molecule has 8 nitrogen and oxygen atoms in total. The molecule has 0 fully saturated rings. The summed E-state index contributed by atoms with van der Waals surface area (Å²) in [5.41, 5.74) is 1.06. The van der Waals surface area contributed by atoms with Gasteiger partial charge in [-0.05, 0) is 63.4 Å². The minimum atomic E-state index is -4.88.